The Morgan fingerprint density at radius 1 is 1.56 bits per heavy atom. The Morgan fingerprint density at radius 2 is 2.38 bits per heavy atom. The van der Waals surface area contributed by atoms with Gasteiger partial charge in [0.25, 0.3) is 5.91 Å². The molecule has 2 aliphatic heterocycles. The van der Waals surface area contributed by atoms with Crippen molar-refractivity contribution in [1.82, 2.24) is 4.90 Å². The van der Waals surface area contributed by atoms with Crippen molar-refractivity contribution in [2.75, 3.05) is 25.4 Å². The quantitative estimate of drug-likeness (QED) is 0.766. The lowest BCUT2D eigenvalue weighted by atomic mass is 10.1. The van der Waals surface area contributed by atoms with Crippen molar-refractivity contribution in [3.05, 3.63) is 0 Å². The van der Waals surface area contributed by atoms with E-state index in [1.54, 1.807) is 0 Å². The Labute approximate surface area is 101 Å². The lowest BCUT2D eigenvalue weighted by molar-refractivity contribution is -0.142. The lowest BCUT2D eigenvalue weighted by Gasteiger charge is -2.32. The summed E-state index contributed by atoms with van der Waals surface area (Å²) in [5, 5.41) is 0.546. The van der Waals surface area contributed by atoms with E-state index in [2.05, 4.69) is 6.92 Å². The molecule has 92 valence electrons. The number of nitrogens with two attached hydrogens (primary N) is 1. The monoisotopic (exact) mass is 244 g/mol. The first-order valence-electron chi connectivity index (χ1n) is 5.96. The first-order valence-corrected chi connectivity index (χ1v) is 7.01. The van der Waals surface area contributed by atoms with E-state index in [1.807, 2.05) is 16.7 Å². The normalized spacial score (nSPS) is 35.4. The van der Waals surface area contributed by atoms with Gasteiger partial charge in [0.2, 0.25) is 0 Å². The number of hydrogen-bond donors (Lipinski definition) is 1. The van der Waals surface area contributed by atoms with Crippen LogP contribution in [0.2, 0.25) is 0 Å². The minimum Gasteiger partial charge on any atom is -0.364 e. The molecular weight excluding hydrogens is 224 g/mol. The molecule has 3 atom stereocenters. The molecule has 2 N–H and O–H groups in total. The molecule has 2 aliphatic rings. The van der Waals surface area contributed by atoms with Crippen molar-refractivity contribution in [1.29, 1.82) is 0 Å². The van der Waals surface area contributed by atoms with Crippen LogP contribution in [0.5, 0.6) is 0 Å². The first-order chi connectivity index (χ1) is 7.70. The predicted molar refractivity (Wildman–Crippen MR) is 65.4 cm³/mol. The fraction of sp³-hybridized carbons (Fsp3) is 0.909. The van der Waals surface area contributed by atoms with E-state index < -0.39 is 0 Å². The molecule has 0 radical (unpaired) electrons. The molecule has 3 unspecified atom stereocenters. The third-order valence-electron chi connectivity index (χ3n) is 3.20. The van der Waals surface area contributed by atoms with Crippen molar-refractivity contribution < 1.29 is 9.53 Å². The molecule has 0 aromatic carbocycles. The van der Waals surface area contributed by atoms with Crippen LogP contribution in [0.25, 0.3) is 0 Å². The minimum atomic E-state index is -0.233. The van der Waals surface area contributed by atoms with Crippen molar-refractivity contribution in [3.8, 4) is 0 Å². The Morgan fingerprint density at radius 3 is 3.00 bits per heavy atom. The maximum Gasteiger partial charge on any atom is 0.251 e. The number of thioether (sulfide) groups is 1. The average molecular weight is 244 g/mol. The van der Waals surface area contributed by atoms with Crippen LogP contribution in [0.3, 0.4) is 0 Å². The van der Waals surface area contributed by atoms with Crippen LogP contribution in [0.15, 0.2) is 0 Å². The molecule has 2 heterocycles. The molecule has 2 saturated heterocycles. The van der Waals surface area contributed by atoms with E-state index in [1.165, 1.54) is 0 Å². The standard InChI is InChI=1S/C11H20N2O2S/c1-8-7-13(4-5-16-8)11(14)10-3-2-9(6-12)15-10/h8-10H,2-7,12H2,1H3. The highest BCUT2D eigenvalue weighted by atomic mass is 32.2. The van der Waals surface area contributed by atoms with E-state index in [9.17, 15) is 4.79 Å². The number of amides is 1. The summed E-state index contributed by atoms with van der Waals surface area (Å²) in [4.78, 5) is 14.1. The molecule has 5 heteroatoms. The molecule has 0 aromatic heterocycles. The van der Waals surface area contributed by atoms with Crippen molar-refractivity contribution in [3.63, 3.8) is 0 Å². The smallest absolute Gasteiger partial charge is 0.251 e. The highest BCUT2D eigenvalue weighted by Crippen LogP contribution is 2.24. The van der Waals surface area contributed by atoms with Gasteiger partial charge in [-0.3, -0.25) is 4.79 Å². The van der Waals surface area contributed by atoms with Gasteiger partial charge in [0.15, 0.2) is 0 Å². The van der Waals surface area contributed by atoms with Crippen LogP contribution < -0.4 is 5.73 Å². The fourth-order valence-corrected chi connectivity index (χ4v) is 3.30. The first kappa shape index (κ1) is 12.2. The van der Waals surface area contributed by atoms with Gasteiger partial charge in [-0.05, 0) is 12.8 Å². The van der Waals surface area contributed by atoms with Gasteiger partial charge in [-0.15, -0.1) is 0 Å². The number of carbonyl (C=O) groups excluding carboxylic acids is 1. The van der Waals surface area contributed by atoms with E-state index in [4.69, 9.17) is 10.5 Å². The highest BCUT2D eigenvalue weighted by molar-refractivity contribution is 7.99. The summed E-state index contributed by atoms with van der Waals surface area (Å²) >= 11 is 1.93. The van der Waals surface area contributed by atoms with Gasteiger partial charge in [-0.25, -0.2) is 0 Å². The third-order valence-corrected chi connectivity index (χ3v) is 4.34. The molecule has 4 nitrogen and oxygen atoms in total. The second-order valence-electron chi connectivity index (χ2n) is 4.53. The molecule has 0 saturated carbocycles. The second kappa shape index (κ2) is 5.38. The molecule has 0 aromatic rings. The zero-order valence-electron chi connectivity index (χ0n) is 9.72. The highest BCUT2D eigenvalue weighted by Gasteiger charge is 2.34. The van der Waals surface area contributed by atoms with Crippen molar-refractivity contribution in [2.45, 2.75) is 37.2 Å². The summed E-state index contributed by atoms with van der Waals surface area (Å²) in [6.07, 6.45) is 1.61. The van der Waals surface area contributed by atoms with Crippen LogP contribution in [-0.2, 0) is 9.53 Å². The number of nitrogens with zero attached hydrogens (tertiary/aromatic N) is 1. The predicted octanol–water partition coefficient (Wildman–Crippen LogP) is 0.457. The van der Waals surface area contributed by atoms with Crippen LogP contribution >= 0.6 is 11.8 Å². The molecule has 0 spiro atoms. The van der Waals surface area contributed by atoms with Gasteiger partial charge in [0.05, 0.1) is 6.10 Å². The van der Waals surface area contributed by atoms with Gasteiger partial charge in [0, 0.05) is 30.6 Å². The van der Waals surface area contributed by atoms with Crippen LogP contribution in [-0.4, -0.2) is 53.7 Å². The number of carbonyl (C=O) groups is 1. The Kier molecular flexibility index (Phi) is 4.10. The fourth-order valence-electron chi connectivity index (χ4n) is 2.28. The van der Waals surface area contributed by atoms with Gasteiger partial charge >= 0.3 is 0 Å². The van der Waals surface area contributed by atoms with E-state index in [-0.39, 0.29) is 18.1 Å². The van der Waals surface area contributed by atoms with Gasteiger partial charge in [-0.1, -0.05) is 6.92 Å². The zero-order valence-corrected chi connectivity index (χ0v) is 10.5. The maximum absolute atomic E-state index is 12.2. The van der Waals surface area contributed by atoms with Crippen LogP contribution in [0, 0.1) is 0 Å². The topological polar surface area (TPSA) is 55.6 Å². The Bertz CT molecular complexity index is 262. The number of hydrogen-bond acceptors (Lipinski definition) is 4. The summed E-state index contributed by atoms with van der Waals surface area (Å²) in [6.45, 7) is 4.41. The summed E-state index contributed by atoms with van der Waals surface area (Å²) in [6, 6.07) is 0. The van der Waals surface area contributed by atoms with Crippen LogP contribution in [0.1, 0.15) is 19.8 Å². The second-order valence-corrected chi connectivity index (χ2v) is 6.07. The van der Waals surface area contributed by atoms with Gasteiger partial charge in [0.1, 0.15) is 6.10 Å². The van der Waals surface area contributed by atoms with Crippen molar-refractivity contribution >= 4 is 17.7 Å². The molecular formula is C11H20N2O2S. The van der Waals surface area contributed by atoms with E-state index in [0.29, 0.717) is 11.8 Å². The number of ether oxygens (including phenoxy) is 1. The summed E-state index contributed by atoms with van der Waals surface area (Å²) < 4.78 is 5.64. The maximum atomic E-state index is 12.2. The largest absolute Gasteiger partial charge is 0.364 e. The summed E-state index contributed by atoms with van der Waals surface area (Å²) in [7, 11) is 0. The molecule has 0 aliphatic carbocycles. The van der Waals surface area contributed by atoms with Gasteiger partial charge < -0.3 is 15.4 Å². The molecule has 2 rings (SSSR count). The molecule has 1 amide bonds. The van der Waals surface area contributed by atoms with Gasteiger partial charge in [-0.2, -0.15) is 11.8 Å². The Hall–Kier alpha value is -0.260. The van der Waals surface area contributed by atoms with Crippen molar-refractivity contribution in [2.24, 2.45) is 5.73 Å². The lowest BCUT2D eigenvalue weighted by Crippen LogP contribution is -2.46. The minimum absolute atomic E-state index is 0.0885. The third kappa shape index (κ3) is 2.70. The molecule has 2 fully saturated rings. The van der Waals surface area contributed by atoms with Crippen LogP contribution in [0.4, 0.5) is 0 Å². The van der Waals surface area contributed by atoms with E-state index >= 15 is 0 Å². The average Bonchev–Trinajstić information content (AvgIpc) is 2.76. The Balaban J connectivity index is 1.87. The summed E-state index contributed by atoms with van der Waals surface area (Å²) in [5.41, 5.74) is 5.54. The van der Waals surface area contributed by atoms with E-state index in [0.717, 1.165) is 31.7 Å². The number of rotatable bonds is 2. The zero-order chi connectivity index (χ0) is 11.5. The summed E-state index contributed by atoms with van der Waals surface area (Å²) in [5.74, 6) is 1.21. The SMILES string of the molecule is CC1CN(C(=O)C2CCC(CN)O2)CCS1. The molecule has 0 bridgehead atoms. The molecule has 16 heavy (non-hydrogen) atoms.